The van der Waals surface area contributed by atoms with E-state index in [4.69, 9.17) is 10.7 Å². The van der Waals surface area contributed by atoms with E-state index in [1.54, 1.807) is 0 Å². The molecule has 0 bridgehead atoms. The Bertz CT molecular complexity index is 400. The van der Waals surface area contributed by atoms with Crippen LogP contribution in [0.25, 0.3) is 0 Å². The molecule has 0 radical (unpaired) electrons. The monoisotopic (exact) mass is 222 g/mol. The van der Waals surface area contributed by atoms with Gasteiger partial charge in [-0.1, -0.05) is 12.1 Å². The summed E-state index contributed by atoms with van der Waals surface area (Å²) in [5.41, 5.74) is 0.307. The molecule has 0 heterocycles. The van der Waals surface area contributed by atoms with E-state index in [1.807, 2.05) is 0 Å². The van der Waals surface area contributed by atoms with Crippen LogP contribution in [0.1, 0.15) is 18.7 Å². The number of rotatable bonds is 2. The average molecular weight is 223 g/mol. The highest BCUT2D eigenvalue weighted by atomic mass is 35.7. The molecular formula is C8H8ClFO2S. The lowest BCUT2D eigenvalue weighted by atomic mass is 10.1. The number of hydrogen-bond donors (Lipinski definition) is 0. The molecule has 0 unspecified atom stereocenters. The van der Waals surface area contributed by atoms with Gasteiger partial charge in [0.15, 0.2) is 0 Å². The topological polar surface area (TPSA) is 34.1 Å². The Hall–Kier alpha value is -0.610. The summed E-state index contributed by atoms with van der Waals surface area (Å²) < 4.78 is 34.5. The molecule has 1 aromatic carbocycles. The molecule has 1 aromatic rings. The highest BCUT2D eigenvalue weighted by molar-refractivity contribution is 8.13. The fourth-order valence-electron chi connectivity index (χ4n) is 0.914. The summed E-state index contributed by atoms with van der Waals surface area (Å²) in [6.07, 6.45) is -1.20. The molecule has 0 aliphatic heterocycles. The van der Waals surface area contributed by atoms with Crippen molar-refractivity contribution < 1.29 is 12.8 Å². The van der Waals surface area contributed by atoms with Gasteiger partial charge in [0.2, 0.25) is 0 Å². The van der Waals surface area contributed by atoms with Gasteiger partial charge in [0.25, 0.3) is 9.05 Å². The molecule has 0 aliphatic rings. The number of hydrogen-bond acceptors (Lipinski definition) is 2. The van der Waals surface area contributed by atoms with E-state index in [1.165, 1.54) is 31.2 Å². The standard InChI is InChI=1S/C8H8ClFO2S/c1-6(10)7-3-2-4-8(5-7)13(9,11)12/h2-6H,1H3/t6-/m1/s1. The zero-order chi connectivity index (χ0) is 10.1. The van der Waals surface area contributed by atoms with Gasteiger partial charge in [-0.3, -0.25) is 0 Å². The fraction of sp³-hybridized carbons (Fsp3) is 0.250. The Morgan fingerprint density at radius 3 is 2.54 bits per heavy atom. The molecule has 0 saturated carbocycles. The van der Waals surface area contributed by atoms with Crippen molar-refractivity contribution in [3.8, 4) is 0 Å². The van der Waals surface area contributed by atoms with Crippen LogP contribution in [0.15, 0.2) is 29.2 Å². The molecule has 0 N–H and O–H groups in total. The molecule has 0 aliphatic carbocycles. The molecule has 0 aromatic heterocycles. The smallest absolute Gasteiger partial charge is 0.243 e. The quantitative estimate of drug-likeness (QED) is 0.721. The minimum atomic E-state index is -3.75. The molecule has 5 heteroatoms. The number of alkyl halides is 1. The maximum atomic E-state index is 12.8. The lowest BCUT2D eigenvalue weighted by Gasteiger charge is -2.02. The van der Waals surface area contributed by atoms with Gasteiger partial charge in [0.1, 0.15) is 6.17 Å². The third-order valence-electron chi connectivity index (χ3n) is 1.60. The first-order valence-electron chi connectivity index (χ1n) is 3.60. The Morgan fingerprint density at radius 2 is 2.08 bits per heavy atom. The normalized spacial score (nSPS) is 14.1. The van der Waals surface area contributed by atoms with Gasteiger partial charge in [-0.05, 0) is 24.6 Å². The second-order valence-corrected chi connectivity index (χ2v) is 5.19. The van der Waals surface area contributed by atoms with Crippen LogP contribution in [0.5, 0.6) is 0 Å². The van der Waals surface area contributed by atoms with Crippen molar-refractivity contribution in [1.29, 1.82) is 0 Å². The van der Waals surface area contributed by atoms with Crippen LogP contribution in [0.3, 0.4) is 0 Å². The van der Waals surface area contributed by atoms with Crippen molar-refractivity contribution in [1.82, 2.24) is 0 Å². The summed E-state index contributed by atoms with van der Waals surface area (Å²) in [5, 5.41) is 0. The maximum Gasteiger partial charge on any atom is 0.261 e. The molecule has 1 rings (SSSR count). The van der Waals surface area contributed by atoms with Crippen LogP contribution in [0.2, 0.25) is 0 Å². The maximum absolute atomic E-state index is 12.8. The summed E-state index contributed by atoms with van der Waals surface area (Å²) in [5.74, 6) is 0. The molecule has 0 saturated heterocycles. The van der Waals surface area contributed by atoms with Crippen LogP contribution in [-0.4, -0.2) is 8.42 Å². The van der Waals surface area contributed by atoms with E-state index in [0.717, 1.165) is 0 Å². The highest BCUT2D eigenvalue weighted by Gasteiger charge is 2.11. The minimum Gasteiger partial charge on any atom is -0.243 e. The summed E-state index contributed by atoms with van der Waals surface area (Å²) in [6.45, 7) is 1.33. The van der Waals surface area contributed by atoms with Crippen molar-refractivity contribution in [3.05, 3.63) is 29.8 Å². The zero-order valence-electron chi connectivity index (χ0n) is 6.87. The second-order valence-electron chi connectivity index (χ2n) is 2.63. The summed E-state index contributed by atoms with van der Waals surface area (Å²) in [7, 11) is 1.33. The average Bonchev–Trinajstić information content (AvgIpc) is 2.03. The van der Waals surface area contributed by atoms with Crippen LogP contribution >= 0.6 is 10.7 Å². The van der Waals surface area contributed by atoms with E-state index in [-0.39, 0.29) is 4.90 Å². The van der Waals surface area contributed by atoms with Gasteiger partial charge < -0.3 is 0 Å². The van der Waals surface area contributed by atoms with Gasteiger partial charge in [0, 0.05) is 10.7 Å². The predicted octanol–water partition coefficient (Wildman–Crippen LogP) is 2.64. The highest BCUT2D eigenvalue weighted by Crippen LogP contribution is 2.21. The van der Waals surface area contributed by atoms with E-state index in [9.17, 15) is 12.8 Å². The Kier molecular flexibility index (Phi) is 2.93. The van der Waals surface area contributed by atoms with Gasteiger partial charge in [0.05, 0.1) is 4.90 Å². The van der Waals surface area contributed by atoms with Crippen molar-refractivity contribution >= 4 is 19.7 Å². The summed E-state index contributed by atoms with van der Waals surface area (Å²) in [6, 6.07) is 5.53. The minimum absolute atomic E-state index is 0.0730. The van der Waals surface area contributed by atoms with Gasteiger partial charge >= 0.3 is 0 Å². The predicted molar refractivity (Wildman–Crippen MR) is 49.0 cm³/mol. The molecule has 72 valence electrons. The Balaban J connectivity index is 3.21. The molecule has 13 heavy (non-hydrogen) atoms. The van der Waals surface area contributed by atoms with Gasteiger partial charge in [-0.2, -0.15) is 0 Å². The summed E-state index contributed by atoms with van der Waals surface area (Å²) in [4.78, 5) is -0.0730. The third-order valence-corrected chi connectivity index (χ3v) is 2.95. The van der Waals surface area contributed by atoms with Crippen LogP contribution in [0.4, 0.5) is 4.39 Å². The first-order valence-corrected chi connectivity index (χ1v) is 5.91. The van der Waals surface area contributed by atoms with Crippen molar-refractivity contribution in [3.63, 3.8) is 0 Å². The zero-order valence-corrected chi connectivity index (χ0v) is 8.44. The van der Waals surface area contributed by atoms with Gasteiger partial charge in [-0.15, -0.1) is 0 Å². The van der Waals surface area contributed by atoms with E-state index in [2.05, 4.69) is 0 Å². The lowest BCUT2D eigenvalue weighted by molar-refractivity contribution is 0.373. The molecular weight excluding hydrogens is 215 g/mol. The summed E-state index contributed by atoms with van der Waals surface area (Å²) >= 11 is 0. The van der Waals surface area contributed by atoms with Crippen molar-refractivity contribution in [2.45, 2.75) is 18.0 Å². The van der Waals surface area contributed by atoms with Crippen LogP contribution < -0.4 is 0 Å². The first kappa shape index (κ1) is 10.5. The third kappa shape index (κ3) is 2.67. The molecule has 2 nitrogen and oxygen atoms in total. The van der Waals surface area contributed by atoms with E-state index < -0.39 is 15.2 Å². The molecule has 1 atom stereocenters. The largest absolute Gasteiger partial charge is 0.261 e. The van der Waals surface area contributed by atoms with Crippen molar-refractivity contribution in [2.75, 3.05) is 0 Å². The van der Waals surface area contributed by atoms with E-state index in [0.29, 0.717) is 5.56 Å². The Labute approximate surface area is 80.8 Å². The fourth-order valence-corrected chi connectivity index (χ4v) is 1.72. The van der Waals surface area contributed by atoms with Crippen LogP contribution in [0, 0.1) is 0 Å². The molecule has 0 amide bonds. The Morgan fingerprint density at radius 1 is 1.46 bits per heavy atom. The number of halogens is 2. The molecule has 0 spiro atoms. The lowest BCUT2D eigenvalue weighted by Crippen LogP contribution is -1.93. The van der Waals surface area contributed by atoms with Crippen molar-refractivity contribution in [2.24, 2.45) is 0 Å². The first-order chi connectivity index (χ1) is 5.91. The van der Waals surface area contributed by atoms with E-state index >= 15 is 0 Å². The second kappa shape index (κ2) is 3.64. The number of benzene rings is 1. The molecule has 0 fully saturated rings. The SMILES string of the molecule is C[C@@H](F)c1cccc(S(=O)(=O)Cl)c1. The van der Waals surface area contributed by atoms with Crippen LogP contribution in [-0.2, 0) is 9.05 Å². The van der Waals surface area contributed by atoms with Gasteiger partial charge in [-0.25, -0.2) is 12.8 Å².